The summed E-state index contributed by atoms with van der Waals surface area (Å²) in [7, 11) is 1.98. The monoisotopic (exact) mass is 268 g/mol. The van der Waals surface area contributed by atoms with E-state index in [-0.39, 0.29) is 6.04 Å². The van der Waals surface area contributed by atoms with E-state index in [0.717, 1.165) is 30.0 Å². The van der Waals surface area contributed by atoms with Crippen molar-refractivity contribution < 1.29 is 0 Å². The van der Waals surface area contributed by atoms with Gasteiger partial charge in [0.25, 0.3) is 0 Å². The van der Waals surface area contributed by atoms with Crippen LogP contribution in [0, 0.1) is 0 Å². The van der Waals surface area contributed by atoms with Crippen LogP contribution >= 0.6 is 22.9 Å². The summed E-state index contributed by atoms with van der Waals surface area (Å²) in [6.07, 6.45) is 4.87. The van der Waals surface area contributed by atoms with Crippen LogP contribution in [0.2, 0.25) is 0 Å². The van der Waals surface area contributed by atoms with Crippen molar-refractivity contribution in [2.75, 3.05) is 7.05 Å². The molecule has 2 rings (SSSR count). The largest absolute Gasteiger partial charge is 0.312 e. The van der Waals surface area contributed by atoms with E-state index in [1.165, 1.54) is 16.4 Å². The first-order valence-corrected chi connectivity index (χ1v) is 7.37. The topological polar surface area (TPSA) is 50.7 Å². The fraction of sp³-hybridized carbons (Fsp3) is 0.545. The first-order chi connectivity index (χ1) is 8.35. The molecule has 0 aliphatic heterocycles. The fourth-order valence-corrected chi connectivity index (χ4v) is 3.21. The highest BCUT2D eigenvalue weighted by molar-refractivity contribution is 7.09. The molecule has 2 heterocycles. The Morgan fingerprint density at radius 1 is 1.47 bits per heavy atom. The molecule has 0 bridgehead atoms. The van der Waals surface area contributed by atoms with E-state index in [1.807, 2.05) is 18.6 Å². The number of likely N-dealkylation sites (N-methyl/N-ethyl adjacent to an activating group) is 1. The molecule has 0 aromatic carbocycles. The Hall–Kier alpha value is -0.850. The molecule has 92 valence electrons. The van der Waals surface area contributed by atoms with Gasteiger partial charge in [-0.2, -0.15) is 0 Å². The molecule has 1 unspecified atom stereocenters. The number of aryl methyl sites for hydroxylation is 1. The van der Waals surface area contributed by atoms with Crippen LogP contribution in [0.25, 0.3) is 0 Å². The van der Waals surface area contributed by atoms with E-state index in [0.29, 0.717) is 0 Å². The number of thiazole rings is 1. The summed E-state index contributed by atoms with van der Waals surface area (Å²) in [5.74, 6) is 0. The molecule has 1 N–H and O–H groups in total. The zero-order valence-electron chi connectivity index (χ0n) is 10.0. The molecular formula is C11H16N4S2. The van der Waals surface area contributed by atoms with Gasteiger partial charge in [-0.05, 0) is 25.0 Å². The predicted molar refractivity (Wildman–Crippen MR) is 71.5 cm³/mol. The molecule has 0 radical (unpaired) electrons. The van der Waals surface area contributed by atoms with E-state index in [9.17, 15) is 0 Å². The second-order valence-electron chi connectivity index (χ2n) is 3.81. The Balaban J connectivity index is 2.14. The van der Waals surface area contributed by atoms with Gasteiger partial charge in [0, 0.05) is 18.0 Å². The van der Waals surface area contributed by atoms with Crippen LogP contribution in [0.1, 0.15) is 35.0 Å². The molecule has 0 saturated heterocycles. The van der Waals surface area contributed by atoms with Crippen LogP contribution < -0.4 is 5.32 Å². The molecule has 2 aromatic rings. The van der Waals surface area contributed by atoms with E-state index in [4.69, 9.17) is 0 Å². The Morgan fingerprint density at radius 2 is 2.35 bits per heavy atom. The number of hydrogen-bond acceptors (Lipinski definition) is 6. The lowest BCUT2D eigenvalue weighted by Gasteiger charge is -2.13. The first-order valence-electron chi connectivity index (χ1n) is 5.72. The maximum absolute atomic E-state index is 4.33. The van der Waals surface area contributed by atoms with Gasteiger partial charge < -0.3 is 5.32 Å². The van der Waals surface area contributed by atoms with Gasteiger partial charge in [0.05, 0.1) is 21.6 Å². The molecule has 0 fully saturated rings. The summed E-state index contributed by atoms with van der Waals surface area (Å²) in [5, 5.41) is 10.7. The number of hydrogen-bond donors (Lipinski definition) is 1. The first kappa shape index (κ1) is 12.6. The van der Waals surface area contributed by atoms with Crippen molar-refractivity contribution >= 4 is 22.9 Å². The quantitative estimate of drug-likeness (QED) is 0.874. The molecule has 4 nitrogen and oxygen atoms in total. The zero-order chi connectivity index (χ0) is 12.1. The minimum atomic E-state index is 0.280. The minimum absolute atomic E-state index is 0.280. The van der Waals surface area contributed by atoms with Crippen LogP contribution in [0.5, 0.6) is 0 Å². The average molecular weight is 268 g/mol. The Labute approximate surface area is 109 Å². The van der Waals surface area contributed by atoms with E-state index < -0.39 is 0 Å². The SMILES string of the molecule is CCCc1nnsc1C(Cc1nccs1)NC. The van der Waals surface area contributed by atoms with Crippen molar-refractivity contribution in [3.8, 4) is 0 Å². The molecule has 0 saturated carbocycles. The lowest BCUT2D eigenvalue weighted by atomic mass is 10.1. The summed E-state index contributed by atoms with van der Waals surface area (Å²) in [4.78, 5) is 5.59. The highest BCUT2D eigenvalue weighted by Crippen LogP contribution is 2.25. The van der Waals surface area contributed by atoms with Gasteiger partial charge in [-0.3, -0.25) is 0 Å². The van der Waals surface area contributed by atoms with Crippen LogP contribution in [0.4, 0.5) is 0 Å². The van der Waals surface area contributed by atoms with Gasteiger partial charge in [-0.25, -0.2) is 4.98 Å². The highest BCUT2D eigenvalue weighted by atomic mass is 32.1. The average Bonchev–Trinajstić information content (AvgIpc) is 2.97. The van der Waals surface area contributed by atoms with E-state index in [1.54, 1.807) is 11.3 Å². The van der Waals surface area contributed by atoms with Crippen LogP contribution in [-0.4, -0.2) is 21.6 Å². The molecule has 0 aliphatic carbocycles. The smallest absolute Gasteiger partial charge is 0.0944 e. The second-order valence-corrected chi connectivity index (χ2v) is 5.57. The van der Waals surface area contributed by atoms with Gasteiger partial charge in [0.2, 0.25) is 0 Å². The second kappa shape index (κ2) is 6.18. The summed E-state index contributed by atoms with van der Waals surface area (Å²) < 4.78 is 4.07. The number of rotatable bonds is 6. The summed E-state index contributed by atoms with van der Waals surface area (Å²) >= 11 is 3.19. The number of nitrogens with zero attached hydrogens (tertiary/aromatic N) is 3. The summed E-state index contributed by atoms with van der Waals surface area (Å²) in [5.41, 5.74) is 1.13. The molecule has 17 heavy (non-hydrogen) atoms. The van der Waals surface area contributed by atoms with Crippen molar-refractivity contribution in [3.63, 3.8) is 0 Å². The maximum atomic E-state index is 4.33. The van der Waals surface area contributed by atoms with Gasteiger partial charge in [0.15, 0.2) is 0 Å². The number of aromatic nitrogens is 3. The lowest BCUT2D eigenvalue weighted by Crippen LogP contribution is -2.19. The molecule has 0 spiro atoms. The maximum Gasteiger partial charge on any atom is 0.0944 e. The van der Waals surface area contributed by atoms with Crippen LogP contribution in [-0.2, 0) is 12.8 Å². The normalized spacial score (nSPS) is 12.8. The molecule has 0 amide bonds. The zero-order valence-corrected chi connectivity index (χ0v) is 11.6. The van der Waals surface area contributed by atoms with Crippen molar-refractivity contribution in [1.82, 2.24) is 19.9 Å². The lowest BCUT2D eigenvalue weighted by molar-refractivity contribution is 0.592. The molecule has 6 heteroatoms. The Morgan fingerprint density at radius 3 is 3.00 bits per heavy atom. The summed E-state index contributed by atoms with van der Waals surface area (Å²) in [6.45, 7) is 2.17. The standard InChI is InChI=1S/C11H16N4S2/c1-3-4-8-11(17-15-14-8)9(12-2)7-10-13-5-6-16-10/h5-6,9,12H,3-4,7H2,1-2H3. The van der Waals surface area contributed by atoms with Crippen LogP contribution in [0.3, 0.4) is 0 Å². The predicted octanol–water partition coefficient (Wildman–Crippen LogP) is 2.45. The van der Waals surface area contributed by atoms with Gasteiger partial charge in [0.1, 0.15) is 0 Å². The van der Waals surface area contributed by atoms with Crippen molar-refractivity contribution in [2.45, 2.75) is 32.2 Å². The van der Waals surface area contributed by atoms with Gasteiger partial charge in [-0.1, -0.05) is 17.8 Å². The molecular weight excluding hydrogens is 252 g/mol. The number of nitrogens with one attached hydrogen (secondary N) is 1. The fourth-order valence-electron chi connectivity index (χ4n) is 1.74. The van der Waals surface area contributed by atoms with E-state index in [2.05, 4.69) is 26.8 Å². The van der Waals surface area contributed by atoms with Crippen LogP contribution in [0.15, 0.2) is 11.6 Å². The van der Waals surface area contributed by atoms with Gasteiger partial charge >= 0.3 is 0 Å². The van der Waals surface area contributed by atoms with Crippen molar-refractivity contribution in [1.29, 1.82) is 0 Å². The van der Waals surface area contributed by atoms with Crippen molar-refractivity contribution in [2.24, 2.45) is 0 Å². The minimum Gasteiger partial charge on any atom is -0.312 e. The van der Waals surface area contributed by atoms with E-state index >= 15 is 0 Å². The molecule has 2 aromatic heterocycles. The Bertz CT molecular complexity index is 438. The Kier molecular flexibility index (Phi) is 4.58. The molecule has 1 atom stereocenters. The van der Waals surface area contributed by atoms with Gasteiger partial charge in [-0.15, -0.1) is 16.4 Å². The third-order valence-electron chi connectivity index (χ3n) is 2.60. The third kappa shape index (κ3) is 3.08. The third-order valence-corrected chi connectivity index (χ3v) is 4.28. The highest BCUT2D eigenvalue weighted by Gasteiger charge is 2.18. The van der Waals surface area contributed by atoms with Crippen molar-refractivity contribution in [3.05, 3.63) is 27.2 Å². The summed E-state index contributed by atoms with van der Waals surface area (Å²) in [6, 6.07) is 0.280. The molecule has 0 aliphatic rings.